The summed E-state index contributed by atoms with van der Waals surface area (Å²) in [5.74, 6) is 0.192. The smallest absolute Gasteiger partial charge is 0.324 e. The lowest BCUT2D eigenvalue weighted by molar-refractivity contribution is 0.193. The van der Waals surface area contributed by atoms with E-state index in [1.54, 1.807) is 23.1 Å². The number of carbonyl (C=O) groups excluding carboxylic acids is 1. The largest absolute Gasteiger partial charge is 0.508 e. The number of rotatable bonds is 2. The molecule has 1 aromatic rings. The number of nitrogens with zero attached hydrogens (tertiary/aromatic N) is 2. The molecule has 2 rings (SSSR count). The Kier molecular flexibility index (Phi) is 4.07. The molecule has 98 valence electrons. The third-order valence-electron chi connectivity index (χ3n) is 3.32. The van der Waals surface area contributed by atoms with Crippen LogP contribution in [0.3, 0.4) is 0 Å². The van der Waals surface area contributed by atoms with E-state index in [9.17, 15) is 9.90 Å². The van der Waals surface area contributed by atoms with Crippen molar-refractivity contribution >= 4 is 11.7 Å². The van der Waals surface area contributed by atoms with Crippen molar-refractivity contribution < 1.29 is 9.90 Å². The van der Waals surface area contributed by atoms with E-state index in [2.05, 4.69) is 0 Å². The van der Waals surface area contributed by atoms with Crippen molar-refractivity contribution in [1.29, 1.82) is 0 Å². The quantitative estimate of drug-likeness (QED) is 0.874. The number of anilines is 1. The molecule has 0 aliphatic carbocycles. The molecule has 1 aliphatic rings. The average Bonchev–Trinajstić information content (AvgIpc) is 2.40. The lowest BCUT2D eigenvalue weighted by Crippen LogP contribution is -2.45. The van der Waals surface area contributed by atoms with E-state index < -0.39 is 0 Å². The number of hydrogen-bond acceptors (Lipinski definition) is 2. The number of piperidine rings is 1. The molecule has 2 amide bonds. The fourth-order valence-electron chi connectivity index (χ4n) is 2.35. The van der Waals surface area contributed by atoms with Gasteiger partial charge < -0.3 is 10.0 Å². The van der Waals surface area contributed by atoms with Gasteiger partial charge in [-0.2, -0.15) is 0 Å². The van der Waals surface area contributed by atoms with Crippen LogP contribution in [0.1, 0.15) is 26.2 Å². The van der Waals surface area contributed by atoms with Gasteiger partial charge in [-0.05, 0) is 38.3 Å². The number of benzene rings is 1. The van der Waals surface area contributed by atoms with Crippen molar-refractivity contribution in [2.24, 2.45) is 0 Å². The monoisotopic (exact) mass is 248 g/mol. The molecular formula is C14H20N2O2. The average molecular weight is 248 g/mol. The SMILES string of the molecule is CCN(C(=O)N1CCCCC1)c1cccc(O)c1. The molecule has 18 heavy (non-hydrogen) atoms. The highest BCUT2D eigenvalue weighted by Gasteiger charge is 2.22. The zero-order chi connectivity index (χ0) is 13.0. The van der Waals surface area contributed by atoms with Crippen LogP contribution in [0.25, 0.3) is 0 Å². The molecule has 1 aliphatic heterocycles. The molecule has 0 unspecified atom stereocenters. The van der Waals surface area contributed by atoms with Crippen LogP contribution in [0.4, 0.5) is 10.5 Å². The van der Waals surface area contributed by atoms with E-state index >= 15 is 0 Å². The normalized spacial score (nSPS) is 15.5. The Balaban J connectivity index is 2.14. The first kappa shape index (κ1) is 12.7. The predicted molar refractivity (Wildman–Crippen MR) is 71.9 cm³/mol. The van der Waals surface area contributed by atoms with E-state index in [0.717, 1.165) is 31.6 Å². The number of aromatic hydroxyl groups is 1. The van der Waals surface area contributed by atoms with Crippen LogP contribution in [0, 0.1) is 0 Å². The van der Waals surface area contributed by atoms with Gasteiger partial charge in [-0.25, -0.2) is 4.79 Å². The first-order chi connectivity index (χ1) is 8.72. The molecule has 0 saturated carbocycles. The van der Waals surface area contributed by atoms with Crippen molar-refractivity contribution in [3.63, 3.8) is 0 Å². The zero-order valence-electron chi connectivity index (χ0n) is 10.8. The minimum Gasteiger partial charge on any atom is -0.508 e. The lowest BCUT2D eigenvalue weighted by atomic mass is 10.1. The van der Waals surface area contributed by atoms with Crippen molar-refractivity contribution in [3.05, 3.63) is 24.3 Å². The molecule has 4 nitrogen and oxygen atoms in total. The highest BCUT2D eigenvalue weighted by Crippen LogP contribution is 2.22. The Morgan fingerprint density at radius 1 is 1.33 bits per heavy atom. The molecule has 1 saturated heterocycles. The van der Waals surface area contributed by atoms with Gasteiger partial charge in [0.15, 0.2) is 0 Å². The highest BCUT2D eigenvalue weighted by molar-refractivity contribution is 5.92. The van der Waals surface area contributed by atoms with Gasteiger partial charge in [-0.3, -0.25) is 4.90 Å². The maximum atomic E-state index is 12.4. The molecule has 1 fully saturated rings. The van der Waals surface area contributed by atoms with Crippen LogP contribution in [-0.2, 0) is 0 Å². The van der Waals surface area contributed by atoms with Gasteiger partial charge in [-0.15, -0.1) is 0 Å². The van der Waals surface area contributed by atoms with Gasteiger partial charge in [0.2, 0.25) is 0 Å². The molecule has 1 N–H and O–H groups in total. The van der Waals surface area contributed by atoms with Crippen molar-refractivity contribution in [3.8, 4) is 5.75 Å². The summed E-state index contributed by atoms with van der Waals surface area (Å²) < 4.78 is 0. The number of hydrogen-bond donors (Lipinski definition) is 1. The fraction of sp³-hybridized carbons (Fsp3) is 0.500. The third-order valence-corrected chi connectivity index (χ3v) is 3.32. The summed E-state index contributed by atoms with van der Waals surface area (Å²) in [6, 6.07) is 6.90. The summed E-state index contributed by atoms with van der Waals surface area (Å²) in [5.41, 5.74) is 0.757. The fourth-order valence-corrected chi connectivity index (χ4v) is 2.35. The summed E-state index contributed by atoms with van der Waals surface area (Å²) in [6.07, 6.45) is 3.38. The number of phenols is 1. The molecule has 0 aromatic heterocycles. The van der Waals surface area contributed by atoms with Crippen molar-refractivity contribution in [2.45, 2.75) is 26.2 Å². The molecule has 1 aromatic carbocycles. The Morgan fingerprint density at radius 3 is 2.67 bits per heavy atom. The van der Waals surface area contributed by atoms with E-state index in [-0.39, 0.29) is 11.8 Å². The summed E-state index contributed by atoms with van der Waals surface area (Å²) in [6.45, 7) is 4.24. The molecular weight excluding hydrogens is 228 g/mol. The van der Waals surface area contributed by atoms with Crippen LogP contribution in [0.5, 0.6) is 5.75 Å². The van der Waals surface area contributed by atoms with E-state index in [1.807, 2.05) is 17.9 Å². The molecule has 1 heterocycles. The summed E-state index contributed by atoms with van der Waals surface area (Å²) in [7, 11) is 0. The predicted octanol–water partition coefficient (Wildman–Crippen LogP) is 2.82. The van der Waals surface area contributed by atoms with Crippen molar-refractivity contribution in [1.82, 2.24) is 4.90 Å². The second-order valence-electron chi connectivity index (χ2n) is 4.59. The second-order valence-corrected chi connectivity index (χ2v) is 4.59. The number of urea groups is 1. The molecule has 0 radical (unpaired) electrons. The maximum Gasteiger partial charge on any atom is 0.324 e. The van der Waals surface area contributed by atoms with Gasteiger partial charge in [0.1, 0.15) is 5.75 Å². The zero-order valence-corrected chi connectivity index (χ0v) is 10.8. The first-order valence-corrected chi connectivity index (χ1v) is 6.58. The van der Waals surface area contributed by atoms with Crippen LogP contribution in [0.2, 0.25) is 0 Å². The molecule has 0 atom stereocenters. The molecule has 0 bridgehead atoms. The van der Waals surface area contributed by atoms with Crippen LogP contribution in [-0.4, -0.2) is 35.7 Å². The van der Waals surface area contributed by atoms with Gasteiger partial charge >= 0.3 is 6.03 Å². The van der Waals surface area contributed by atoms with Crippen LogP contribution in [0.15, 0.2) is 24.3 Å². The topological polar surface area (TPSA) is 43.8 Å². The Hall–Kier alpha value is -1.71. The van der Waals surface area contributed by atoms with E-state index in [4.69, 9.17) is 0 Å². The van der Waals surface area contributed by atoms with Crippen LogP contribution >= 0.6 is 0 Å². The Morgan fingerprint density at radius 2 is 2.06 bits per heavy atom. The lowest BCUT2D eigenvalue weighted by Gasteiger charge is -2.32. The number of carbonyl (C=O) groups is 1. The Labute approximate surface area is 108 Å². The third kappa shape index (κ3) is 2.75. The number of amides is 2. The Bertz CT molecular complexity index is 414. The summed E-state index contributed by atoms with van der Waals surface area (Å²) in [5, 5.41) is 9.50. The molecule has 4 heteroatoms. The second kappa shape index (κ2) is 5.76. The van der Waals surface area contributed by atoms with Gasteiger partial charge in [0, 0.05) is 31.4 Å². The standard InChI is InChI=1S/C14H20N2O2/c1-2-16(12-7-6-8-13(17)11-12)14(18)15-9-4-3-5-10-15/h6-8,11,17H,2-5,9-10H2,1H3. The van der Waals surface area contributed by atoms with Crippen molar-refractivity contribution in [2.75, 3.05) is 24.5 Å². The highest BCUT2D eigenvalue weighted by atomic mass is 16.3. The maximum absolute atomic E-state index is 12.4. The van der Waals surface area contributed by atoms with Gasteiger partial charge in [-0.1, -0.05) is 6.07 Å². The van der Waals surface area contributed by atoms with E-state index in [1.165, 1.54) is 6.42 Å². The minimum atomic E-state index is 0.0443. The summed E-state index contributed by atoms with van der Waals surface area (Å²) in [4.78, 5) is 16.0. The number of likely N-dealkylation sites (tertiary alicyclic amines) is 1. The van der Waals surface area contributed by atoms with Gasteiger partial charge in [0.25, 0.3) is 0 Å². The number of phenolic OH excluding ortho intramolecular Hbond substituents is 1. The molecule has 0 spiro atoms. The minimum absolute atomic E-state index is 0.0443. The van der Waals surface area contributed by atoms with E-state index in [0.29, 0.717) is 6.54 Å². The van der Waals surface area contributed by atoms with Gasteiger partial charge in [0.05, 0.1) is 0 Å². The summed E-state index contributed by atoms with van der Waals surface area (Å²) >= 11 is 0. The first-order valence-electron chi connectivity index (χ1n) is 6.58. The van der Waals surface area contributed by atoms with Crippen LogP contribution < -0.4 is 4.90 Å².